The van der Waals surface area contributed by atoms with E-state index in [2.05, 4.69) is 41.4 Å². The van der Waals surface area contributed by atoms with Gasteiger partial charge in [0.15, 0.2) is 5.58 Å². The first-order valence-corrected chi connectivity index (χ1v) is 8.54. The highest BCUT2D eigenvalue weighted by molar-refractivity contribution is 5.80. The van der Waals surface area contributed by atoms with Gasteiger partial charge in [0.05, 0.1) is 30.0 Å². The molecular formula is C20H23N3O2. The van der Waals surface area contributed by atoms with Crippen LogP contribution in [0, 0.1) is 6.92 Å². The fourth-order valence-corrected chi connectivity index (χ4v) is 2.79. The standard InChI is InChI=1S/C20H23N3O2/c1-12(2)16-7-5-15(6-8-16)9-20(24)22-14(4)18-10-17-13(3)23-25-19(17)11-21-18/h5-8,10-12,14H,9H2,1-4H3,(H,22,24). The molecule has 1 unspecified atom stereocenters. The molecule has 0 aliphatic rings. The highest BCUT2D eigenvalue weighted by Gasteiger charge is 2.14. The van der Waals surface area contributed by atoms with E-state index < -0.39 is 0 Å². The Bertz CT molecular complexity index is 882. The summed E-state index contributed by atoms with van der Waals surface area (Å²) in [6.45, 7) is 8.13. The van der Waals surface area contributed by atoms with Crippen LogP contribution in [0.5, 0.6) is 0 Å². The zero-order chi connectivity index (χ0) is 18.0. The van der Waals surface area contributed by atoms with Gasteiger partial charge in [0, 0.05) is 5.39 Å². The number of hydrogen-bond donors (Lipinski definition) is 1. The average Bonchev–Trinajstić information content (AvgIpc) is 2.96. The molecule has 0 radical (unpaired) electrons. The number of nitrogens with one attached hydrogen (secondary N) is 1. The van der Waals surface area contributed by atoms with Crippen LogP contribution in [-0.2, 0) is 11.2 Å². The maximum absolute atomic E-state index is 12.3. The van der Waals surface area contributed by atoms with Crippen LogP contribution >= 0.6 is 0 Å². The van der Waals surface area contributed by atoms with Gasteiger partial charge in [-0.1, -0.05) is 43.3 Å². The van der Waals surface area contributed by atoms with E-state index in [4.69, 9.17) is 4.52 Å². The van der Waals surface area contributed by atoms with Gasteiger partial charge in [-0.3, -0.25) is 9.78 Å². The van der Waals surface area contributed by atoms with Gasteiger partial charge < -0.3 is 9.84 Å². The summed E-state index contributed by atoms with van der Waals surface area (Å²) in [4.78, 5) is 16.7. The summed E-state index contributed by atoms with van der Waals surface area (Å²) in [6, 6.07) is 9.95. The number of amides is 1. The van der Waals surface area contributed by atoms with E-state index in [0.717, 1.165) is 22.3 Å². The first-order valence-electron chi connectivity index (χ1n) is 8.54. The van der Waals surface area contributed by atoms with Crippen molar-refractivity contribution in [1.82, 2.24) is 15.5 Å². The SMILES string of the molecule is Cc1noc2cnc(C(C)NC(=O)Cc3ccc(C(C)C)cc3)cc12. The van der Waals surface area contributed by atoms with E-state index >= 15 is 0 Å². The molecule has 0 saturated carbocycles. The Hall–Kier alpha value is -2.69. The third kappa shape index (κ3) is 3.87. The van der Waals surface area contributed by atoms with E-state index in [1.165, 1.54) is 5.56 Å². The van der Waals surface area contributed by atoms with E-state index in [0.29, 0.717) is 17.9 Å². The molecule has 3 aromatic rings. The maximum Gasteiger partial charge on any atom is 0.224 e. The van der Waals surface area contributed by atoms with Gasteiger partial charge in [-0.2, -0.15) is 0 Å². The van der Waals surface area contributed by atoms with Crippen molar-refractivity contribution in [1.29, 1.82) is 0 Å². The third-order valence-electron chi connectivity index (χ3n) is 4.39. The number of rotatable bonds is 5. The quantitative estimate of drug-likeness (QED) is 0.762. The first kappa shape index (κ1) is 17.1. The lowest BCUT2D eigenvalue weighted by Crippen LogP contribution is -2.28. The summed E-state index contributed by atoms with van der Waals surface area (Å²) in [6.07, 6.45) is 2.01. The molecule has 2 heterocycles. The molecular weight excluding hydrogens is 314 g/mol. The van der Waals surface area contributed by atoms with Gasteiger partial charge in [-0.15, -0.1) is 0 Å². The fraction of sp³-hybridized carbons (Fsp3) is 0.350. The predicted molar refractivity (Wildman–Crippen MR) is 97.3 cm³/mol. The van der Waals surface area contributed by atoms with Crippen LogP contribution in [0.2, 0.25) is 0 Å². The zero-order valence-corrected chi connectivity index (χ0v) is 15.0. The molecule has 0 spiro atoms. The molecule has 1 N–H and O–H groups in total. The monoisotopic (exact) mass is 337 g/mol. The van der Waals surface area contributed by atoms with Gasteiger partial charge >= 0.3 is 0 Å². The Morgan fingerprint density at radius 3 is 2.60 bits per heavy atom. The summed E-state index contributed by atoms with van der Waals surface area (Å²) in [5, 5.41) is 7.86. The second kappa shape index (κ2) is 7.05. The summed E-state index contributed by atoms with van der Waals surface area (Å²) in [5.41, 5.74) is 4.56. The van der Waals surface area contributed by atoms with Crippen LogP contribution in [0.1, 0.15) is 55.2 Å². The molecule has 1 atom stereocenters. The molecule has 1 aromatic carbocycles. The molecule has 0 aliphatic heterocycles. The molecule has 3 rings (SSSR count). The number of nitrogens with zero attached hydrogens (tertiary/aromatic N) is 2. The van der Waals surface area contributed by atoms with Gasteiger partial charge in [-0.05, 0) is 37.0 Å². The van der Waals surface area contributed by atoms with Crippen molar-refractivity contribution in [2.45, 2.75) is 46.1 Å². The van der Waals surface area contributed by atoms with Crippen molar-refractivity contribution in [3.8, 4) is 0 Å². The molecule has 0 bridgehead atoms. The third-order valence-corrected chi connectivity index (χ3v) is 4.39. The van der Waals surface area contributed by atoms with Gasteiger partial charge in [0.25, 0.3) is 0 Å². The predicted octanol–water partition coefficient (Wildman–Crippen LogP) is 4.07. The minimum Gasteiger partial charge on any atom is -0.354 e. The topological polar surface area (TPSA) is 68.0 Å². The van der Waals surface area contributed by atoms with Crippen LogP contribution in [0.25, 0.3) is 11.0 Å². The molecule has 5 heteroatoms. The van der Waals surface area contributed by atoms with Gasteiger partial charge in [-0.25, -0.2) is 0 Å². The van der Waals surface area contributed by atoms with E-state index in [1.54, 1.807) is 6.20 Å². The minimum absolute atomic E-state index is 0.0197. The lowest BCUT2D eigenvalue weighted by atomic mass is 10.0. The maximum atomic E-state index is 12.3. The van der Waals surface area contributed by atoms with Crippen LogP contribution in [0.3, 0.4) is 0 Å². The number of hydrogen-bond acceptors (Lipinski definition) is 4. The highest BCUT2D eigenvalue weighted by atomic mass is 16.5. The lowest BCUT2D eigenvalue weighted by Gasteiger charge is -2.14. The number of aryl methyl sites for hydroxylation is 1. The fourth-order valence-electron chi connectivity index (χ4n) is 2.79. The van der Waals surface area contributed by atoms with Gasteiger partial charge in [0.2, 0.25) is 5.91 Å². The number of carbonyl (C=O) groups is 1. The van der Waals surface area contributed by atoms with Crippen molar-refractivity contribution in [2.75, 3.05) is 0 Å². The Labute approximate surface area is 147 Å². The minimum atomic E-state index is -0.180. The summed E-state index contributed by atoms with van der Waals surface area (Å²) >= 11 is 0. The van der Waals surface area contributed by atoms with Crippen molar-refractivity contribution in [3.63, 3.8) is 0 Å². The van der Waals surface area contributed by atoms with E-state index in [-0.39, 0.29) is 11.9 Å². The van der Waals surface area contributed by atoms with Crippen LogP contribution in [0.4, 0.5) is 0 Å². The second-order valence-electron chi connectivity index (χ2n) is 6.74. The Balaban J connectivity index is 1.65. The molecule has 1 amide bonds. The number of carbonyl (C=O) groups excluding carboxylic acids is 1. The van der Waals surface area contributed by atoms with Crippen molar-refractivity contribution in [2.24, 2.45) is 0 Å². The van der Waals surface area contributed by atoms with Crippen LogP contribution in [-0.4, -0.2) is 16.0 Å². The highest BCUT2D eigenvalue weighted by Crippen LogP contribution is 2.21. The zero-order valence-electron chi connectivity index (χ0n) is 15.0. The first-order chi connectivity index (χ1) is 11.9. The number of benzene rings is 1. The number of pyridine rings is 1. The van der Waals surface area contributed by atoms with Crippen LogP contribution < -0.4 is 5.32 Å². The van der Waals surface area contributed by atoms with Crippen molar-refractivity contribution in [3.05, 3.63) is 59.0 Å². The molecule has 25 heavy (non-hydrogen) atoms. The number of fused-ring (bicyclic) bond motifs is 1. The summed E-state index contributed by atoms with van der Waals surface area (Å²) in [7, 11) is 0. The van der Waals surface area contributed by atoms with E-state index in [9.17, 15) is 4.79 Å². The van der Waals surface area contributed by atoms with Gasteiger partial charge in [0.1, 0.15) is 0 Å². The second-order valence-corrected chi connectivity index (χ2v) is 6.74. The number of aromatic nitrogens is 2. The average molecular weight is 337 g/mol. The largest absolute Gasteiger partial charge is 0.354 e. The summed E-state index contributed by atoms with van der Waals surface area (Å²) in [5.74, 6) is 0.471. The molecule has 0 fully saturated rings. The molecule has 5 nitrogen and oxygen atoms in total. The Kier molecular flexibility index (Phi) is 4.83. The molecule has 2 aromatic heterocycles. The van der Waals surface area contributed by atoms with E-state index in [1.807, 2.05) is 32.0 Å². The smallest absolute Gasteiger partial charge is 0.224 e. The van der Waals surface area contributed by atoms with Crippen LogP contribution in [0.15, 0.2) is 41.1 Å². The lowest BCUT2D eigenvalue weighted by molar-refractivity contribution is -0.121. The van der Waals surface area contributed by atoms with Crippen molar-refractivity contribution < 1.29 is 9.32 Å². The summed E-state index contributed by atoms with van der Waals surface area (Å²) < 4.78 is 5.17. The molecule has 0 saturated heterocycles. The Morgan fingerprint density at radius 1 is 1.20 bits per heavy atom. The molecule has 130 valence electrons. The molecule has 0 aliphatic carbocycles. The normalized spacial score (nSPS) is 12.5. The Morgan fingerprint density at radius 2 is 1.92 bits per heavy atom. The van der Waals surface area contributed by atoms with Crippen molar-refractivity contribution >= 4 is 16.9 Å².